The van der Waals surface area contributed by atoms with E-state index in [0.29, 0.717) is 18.0 Å². The summed E-state index contributed by atoms with van der Waals surface area (Å²) in [6.45, 7) is 2.32. The number of carbonyl (C=O) groups is 2. The van der Waals surface area contributed by atoms with Gasteiger partial charge in [0.2, 0.25) is 11.8 Å². The molecule has 156 valence electrons. The first kappa shape index (κ1) is 19.7. The molecule has 1 aromatic rings. The monoisotopic (exact) mass is 408 g/mol. The van der Waals surface area contributed by atoms with Crippen molar-refractivity contribution < 1.29 is 22.8 Å². The van der Waals surface area contributed by atoms with Crippen molar-refractivity contribution in [2.75, 3.05) is 11.9 Å². The van der Waals surface area contributed by atoms with Crippen molar-refractivity contribution in [3.63, 3.8) is 0 Å². The molecular formula is C20H23F3N4O2. The summed E-state index contributed by atoms with van der Waals surface area (Å²) >= 11 is 0. The first-order chi connectivity index (χ1) is 13.5. The SMILES string of the molecule is CC1(c2cccc(NC(=O)C3(C(F)(F)F)CC3)c2)CC(=O)N(CC2CC2)C(N)=N1. The van der Waals surface area contributed by atoms with E-state index in [-0.39, 0.29) is 36.8 Å². The number of anilines is 1. The Balaban J connectivity index is 1.55. The van der Waals surface area contributed by atoms with Crippen molar-refractivity contribution in [1.82, 2.24) is 4.90 Å². The predicted octanol–water partition coefficient (Wildman–Crippen LogP) is 3.14. The van der Waals surface area contributed by atoms with Gasteiger partial charge in [-0.2, -0.15) is 13.2 Å². The molecule has 1 heterocycles. The fourth-order valence-corrected chi connectivity index (χ4v) is 3.74. The number of halogens is 3. The highest BCUT2D eigenvalue weighted by atomic mass is 19.4. The van der Waals surface area contributed by atoms with Gasteiger partial charge in [-0.25, -0.2) is 4.99 Å². The molecule has 0 radical (unpaired) electrons. The third kappa shape index (κ3) is 3.58. The summed E-state index contributed by atoms with van der Waals surface area (Å²) in [7, 11) is 0. The Kier molecular flexibility index (Phi) is 4.40. The largest absolute Gasteiger partial charge is 0.403 e. The van der Waals surface area contributed by atoms with Crippen LogP contribution in [0.4, 0.5) is 18.9 Å². The quantitative estimate of drug-likeness (QED) is 0.785. The summed E-state index contributed by atoms with van der Waals surface area (Å²) in [4.78, 5) is 30.9. The number of nitrogens with two attached hydrogens (primary N) is 1. The van der Waals surface area contributed by atoms with E-state index in [1.54, 1.807) is 25.1 Å². The molecule has 1 aromatic carbocycles. The Morgan fingerprint density at radius 1 is 1.34 bits per heavy atom. The van der Waals surface area contributed by atoms with E-state index in [0.717, 1.165) is 12.8 Å². The molecule has 1 aliphatic heterocycles. The Morgan fingerprint density at radius 3 is 2.59 bits per heavy atom. The van der Waals surface area contributed by atoms with Gasteiger partial charge in [0.15, 0.2) is 5.96 Å². The molecule has 2 aliphatic carbocycles. The maximum atomic E-state index is 13.2. The Hall–Kier alpha value is -2.58. The second-order valence-electron chi connectivity index (χ2n) is 8.48. The second-order valence-corrected chi connectivity index (χ2v) is 8.48. The van der Waals surface area contributed by atoms with Crippen molar-refractivity contribution in [1.29, 1.82) is 0 Å². The number of hydrogen-bond acceptors (Lipinski definition) is 4. The number of guanidine groups is 1. The molecule has 9 heteroatoms. The van der Waals surface area contributed by atoms with Crippen LogP contribution >= 0.6 is 0 Å². The van der Waals surface area contributed by atoms with Gasteiger partial charge in [0.1, 0.15) is 5.41 Å². The Bertz CT molecular complexity index is 890. The van der Waals surface area contributed by atoms with Gasteiger partial charge in [-0.05, 0) is 56.2 Å². The first-order valence-corrected chi connectivity index (χ1v) is 9.68. The molecule has 0 bridgehead atoms. The zero-order valence-corrected chi connectivity index (χ0v) is 16.1. The third-order valence-corrected chi connectivity index (χ3v) is 6.04. The molecule has 1 atom stereocenters. The average molecular weight is 408 g/mol. The summed E-state index contributed by atoms with van der Waals surface area (Å²) in [5, 5.41) is 2.38. The fraction of sp³-hybridized carbons (Fsp3) is 0.550. The minimum atomic E-state index is -4.57. The van der Waals surface area contributed by atoms with E-state index in [9.17, 15) is 22.8 Å². The van der Waals surface area contributed by atoms with E-state index >= 15 is 0 Å². The molecule has 1 unspecified atom stereocenters. The molecule has 2 fully saturated rings. The number of aliphatic imine (C=N–C) groups is 1. The topological polar surface area (TPSA) is 87.8 Å². The van der Waals surface area contributed by atoms with Crippen molar-refractivity contribution in [3.8, 4) is 0 Å². The van der Waals surface area contributed by atoms with Gasteiger partial charge in [-0.3, -0.25) is 14.5 Å². The molecule has 29 heavy (non-hydrogen) atoms. The molecule has 6 nitrogen and oxygen atoms in total. The van der Waals surface area contributed by atoms with Crippen LogP contribution in [0.1, 0.15) is 44.6 Å². The molecule has 0 saturated heterocycles. The van der Waals surface area contributed by atoms with Crippen LogP contribution in [-0.2, 0) is 15.1 Å². The van der Waals surface area contributed by atoms with E-state index in [1.165, 1.54) is 11.0 Å². The highest BCUT2D eigenvalue weighted by molar-refractivity contribution is 6.00. The molecule has 2 saturated carbocycles. The summed E-state index contributed by atoms with van der Waals surface area (Å²) < 4.78 is 39.5. The first-order valence-electron chi connectivity index (χ1n) is 9.68. The van der Waals surface area contributed by atoms with E-state index < -0.39 is 23.0 Å². The number of carbonyl (C=O) groups excluding carboxylic acids is 2. The summed E-state index contributed by atoms with van der Waals surface area (Å²) in [6.07, 6.45) is -2.71. The van der Waals surface area contributed by atoms with Gasteiger partial charge in [-0.1, -0.05) is 12.1 Å². The van der Waals surface area contributed by atoms with E-state index in [1.807, 2.05) is 0 Å². The molecule has 0 spiro atoms. The van der Waals surface area contributed by atoms with Crippen molar-refractivity contribution in [2.45, 2.75) is 50.7 Å². The molecular weight excluding hydrogens is 385 g/mol. The number of nitrogens with one attached hydrogen (secondary N) is 1. The van der Waals surface area contributed by atoms with Crippen molar-refractivity contribution >= 4 is 23.5 Å². The Labute approximate surface area is 166 Å². The minimum absolute atomic E-state index is 0.101. The van der Waals surface area contributed by atoms with Gasteiger partial charge in [0.25, 0.3) is 0 Å². The second kappa shape index (κ2) is 6.47. The summed E-state index contributed by atoms with van der Waals surface area (Å²) in [5.74, 6) is -0.556. The van der Waals surface area contributed by atoms with Crippen LogP contribution < -0.4 is 11.1 Å². The molecule has 0 aromatic heterocycles. The van der Waals surface area contributed by atoms with Gasteiger partial charge >= 0.3 is 6.18 Å². The lowest BCUT2D eigenvalue weighted by atomic mass is 9.87. The minimum Gasteiger partial charge on any atom is -0.369 e. The van der Waals surface area contributed by atoms with Gasteiger partial charge in [-0.15, -0.1) is 0 Å². The molecule has 4 rings (SSSR count). The van der Waals surface area contributed by atoms with E-state index in [4.69, 9.17) is 5.73 Å². The van der Waals surface area contributed by atoms with Crippen molar-refractivity contribution in [3.05, 3.63) is 29.8 Å². The van der Waals surface area contributed by atoms with Gasteiger partial charge in [0, 0.05) is 12.2 Å². The summed E-state index contributed by atoms with van der Waals surface area (Å²) in [6, 6.07) is 6.43. The Morgan fingerprint density at radius 2 is 2.03 bits per heavy atom. The molecule has 3 N–H and O–H groups in total. The lowest BCUT2D eigenvalue weighted by molar-refractivity contribution is -0.189. The smallest absolute Gasteiger partial charge is 0.369 e. The highest BCUT2D eigenvalue weighted by Crippen LogP contribution is 2.58. The van der Waals surface area contributed by atoms with Crippen LogP contribution in [0.2, 0.25) is 0 Å². The van der Waals surface area contributed by atoms with Gasteiger partial charge in [0.05, 0.1) is 12.0 Å². The maximum absolute atomic E-state index is 13.2. The van der Waals surface area contributed by atoms with Crippen LogP contribution in [0, 0.1) is 11.3 Å². The fourth-order valence-electron chi connectivity index (χ4n) is 3.74. The van der Waals surface area contributed by atoms with E-state index in [2.05, 4.69) is 10.3 Å². The van der Waals surface area contributed by atoms with Crippen LogP contribution in [0.25, 0.3) is 0 Å². The zero-order chi connectivity index (χ0) is 21.0. The number of rotatable bonds is 5. The van der Waals surface area contributed by atoms with Crippen LogP contribution in [-0.4, -0.2) is 35.4 Å². The van der Waals surface area contributed by atoms with Gasteiger partial charge < -0.3 is 11.1 Å². The van der Waals surface area contributed by atoms with Crippen molar-refractivity contribution in [2.24, 2.45) is 22.1 Å². The lowest BCUT2D eigenvalue weighted by Gasteiger charge is -2.35. The highest BCUT2D eigenvalue weighted by Gasteiger charge is 2.68. The number of nitrogens with zero attached hydrogens (tertiary/aromatic N) is 2. The predicted molar refractivity (Wildman–Crippen MR) is 101 cm³/mol. The maximum Gasteiger partial charge on any atom is 0.403 e. The number of alkyl halides is 3. The average Bonchev–Trinajstić information content (AvgIpc) is 3.52. The lowest BCUT2D eigenvalue weighted by Crippen LogP contribution is -2.50. The zero-order valence-electron chi connectivity index (χ0n) is 16.1. The van der Waals surface area contributed by atoms with Crippen LogP contribution in [0.3, 0.4) is 0 Å². The van der Waals surface area contributed by atoms with Crippen LogP contribution in [0.5, 0.6) is 0 Å². The standard InChI is InChI=1S/C20H23F3N4O2/c1-18(10-15(28)27(17(24)26-18)11-12-5-6-12)13-3-2-4-14(9-13)25-16(29)19(7-8-19)20(21,22)23/h2-4,9,12H,5-8,10-11H2,1H3,(H2,24,26)(H,25,29). The molecule has 2 amide bonds. The third-order valence-electron chi connectivity index (χ3n) is 6.04. The number of hydrogen-bond donors (Lipinski definition) is 2. The number of benzene rings is 1. The van der Waals surface area contributed by atoms with Crippen LogP contribution in [0.15, 0.2) is 29.3 Å². The number of amides is 2. The normalized spacial score (nSPS) is 26.1. The molecule has 3 aliphatic rings. The summed E-state index contributed by atoms with van der Waals surface area (Å²) in [5.41, 5.74) is 3.67.